The normalized spacial score (nSPS) is 11.1. The topological polar surface area (TPSA) is 82.9 Å². The van der Waals surface area contributed by atoms with Gasteiger partial charge >= 0.3 is 0 Å². The Kier molecular flexibility index (Phi) is 9.57. The number of nitrogens with zero attached hydrogens (tertiary/aromatic N) is 2. The molecule has 0 atom stereocenters. The molecule has 0 aromatic heterocycles. The molecular formula is C20H20Br2N4O2. The lowest BCUT2D eigenvalue weighted by atomic mass is 10.2. The predicted molar refractivity (Wildman–Crippen MR) is 118 cm³/mol. The van der Waals surface area contributed by atoms with Crippen LogP contribution in [0.5, 0.6) is 0 Å². The fraction of sp³-hybridized carbons (Fsp3) is 0.200. The van der Waals surface area contributed by atoms with Gasteiger partial charge in [-0.25, -0.2) is 10.9 Å². The quantitative estimate of drug-likeness (QED) is 0.300. The van der Waals surface area contributed by atoms with Crippen molar-refractivity contribution in [3.05, 3.63) is 68.6 Å². The molecule has 0 aliphatic rings. The third-order valence-corrected chi connectivity index (χ3v) is 4.66. The summed E-state index contributed by atoms with van der Waals surface area (Å²) in [6.07, 6.45) is 5.00. The molecule has 2 aromatic rings. The van der Waals surface area contributed by atoms with E-state index in [0.29, 0.717) is 25.7 Å². The van der Waals surface area contributed by atoms with E-state index in [4.69, 9.17) is 0 Å². The molecule has 2 aromatic carbocycles. The van der Waals surface area contributed by atoms with Crippen LogP contribution in [0.25, 0.3) is 0 Å². The van der Waals surface area contributed by atoms with Crippen LogP contribution in [0.2, 0.25) is 0 Å². The van der Waals surface area contributed by atoms with Crippen LogP contribution >= 0.6 is 31.9 Å². The third kappa shape index (κ3) is 9.05. The maximum Gasteiger partial charge on any atom is 0.240 e. The fourth-order valence-corrected chi connectivity index (χ4v) is 2.67. The highest BCUT2D eigenvalue weighted by Gasteiger charge is 2.03. The summed E-state index contributed by atoms with van der Waals surface area (Å²) in [4.78, 5) is 23.5. The van der Waals surface area contributed by atoms with E-state index in [1.165, 1.54) is 0 Å². The number of hydrogen-bond acceptors (Lipinski definition) is 4. The van der Waals surface area contributed by atoms with Crippen LogP contribution in [0.3, 0.4) is 0 Å². The van der Waals surface area contributed by atoms with Crippen molar-refractivity contribution in [1.82, 2.24) is 10.9 Å². The Labute approximate surface area is 180 Å². The van der Waals surface area contributed by atoms with Gasteiger partial charge in [-0.2, -0.15) is 10.2 Å². The monoisotopic (exact) mass is 506 g/mol. The molecule has 0 fully saturated rings. The van der Waals surface area contributed by atoms with Crippen molar-refractivity contribution in [2.45, 2.75) is 25.7 Å². The van der Waals surface area contributed by atoms with Gasteiger partial charge in [-0.15, -0.1) is 0 Å². The summed E-state index contributed by atoms with van der Waals surface area (Å²) in [6, 6.07) is 15.1. The van der Waals surface area contributed by atoms with Crippen molar-refractivity contribution >= 4 is 56.1 Å². The van der Waals surface area contributed by atoms with Crippen LogP contribution in [0.1, 0.15) is 36.8 Å². The summed E-state index contributed by atoms with van der Waals surface area (Å²) in [7, 11) is 0. The van der Waals surface area contributed by atoms with E-state index in [-0.39, 0.29) is 11.8 Å². The zero-order valence-corrected chi connectivity index (χ0v) is 18.2. The summed E-state index contributed by atoms with van der Waals surface area (Å²) < 4.78 is 1.97. The molecule has 0 saturated carbocycles. The zero-order chi connectivity index (χ0) is 20.2. The van der Waals surface area contributed by atoms with Gasteiger partial charge in [-0.1, -0.05) is 56.1 Å². The Balaban J connectivity index is 1.57. The number of hydrazone groups is 2. The maximum absolute atomic E-state index is 11.7. The highest BCUT2D eigenvalue weighted by atomic mass is 79.9. The Hall–Kier alpha value is -2.32. The lowest BCUT2D eigenvalue weighted by Gasteiger charge is -2.01. The number of halogens is 2. The Bertz CT molecular complexity index is 763. The Morgan fingerprint density at radius 2 is 1.07 bits per heavy atom. The third-order valence-electron chi connectivity index (χ3n) is 3.60. The molecule has 2 N–H and O–H groups in total. The first-order valence-corrected chi connectivity index (χ1v) is 10.3. The number of benzene rings is 2. The second-order valence-electron chi connectivity index (χ2n) is 5.90. The molecule has 0 bridgehead atoms. The molecule has 0 heterocycles. The number of nitrogens with one attached hydrogen (secondary N) is 2. The van der Waals surface area contributed by atoms with E-state index in [1.807, 2.05) is 48.5 Å². The number of carbonyl (C=O) groups excluding carboxylic acids is 2. The average molecular weight is 508 g/mol. The fourth-order valence-electron chi connectivity index (χ4n) is 2.14. The van der Waals surface area contributed by atoms with Crippen molar-refractivity contribution in [2.75, 3.05) is 0 Å². The van der Waals surface area contributed by atoms with Gasteiger partial charge in [0, 0.05) is 21.8 Å². The first-order valence-electron chi connectivity index (χ1n) is 8.68. The van der Waals surface area contributed by atoms with Crippen LogP contribution in [-0.2, 0) is 9.59 Å². The summed E-state index contributed by atoms with van der Waals surface area (Å²) in [6.45, 7) is 0. The van der Waals surface area contributed by atoms with Gasteiger partial charge in [-0.05, 0) is 48.2 Å². The van der Waals surface area contributed by atoms with Gasteiger partial charge in [0.1, 0.15) is 0 Å². The summed E-state index contributed by atoms with van der Waals surface area (Å²) >= 11 is 6.71. The molecule has 2 rings (SSSR count). The number of rotatable bonds is 9. The minimum Gasteiger partial charge on any atom is -0.273 e. The number of unbranched alkanes of at least 4 members (excludes halogenated alkanes) is 1. The van der Waals surface area contributed by atoms with E-state index in [2.05, 4.69) is 52.9 Å². The van der Waals surface area contributed by atoms with Gasteiger partial charge in [0.15, 0.2) is 0 Å². The van der Waals surface area contributed by atoms with E-state index in [9.17, 15) is 9.59 Å². The molecule has 28 heavy (non-hydrogen) atoms. The van der Waals surface area contributed by atoms with Crippen molar-refractivity contribution < 1.29 is 9.59 Å². The standard InChI is InChI=1S/C20H20Br2N4O2/c21-17-9-5-15(6-10-17)13-23-25-19(27)3-1-2-4-20(28)26-24-14-16-7-11-18(22)12-8-16/h5-14H,1-4H2,(H,25,27)(H,26,28)/b23-13-,24-14-. The van der Waals surface area contributed by atoms with Crippen LogP contribution in [-0.4, -0.2) is 24.2 Å². The minimum absolute atomic E-state index is 0.179. The maximum atomic E-state index is 11.7. The van der Waals surface area contributed by atoms with E-state index in [1.54, 1.807) is 12.4 Å². The Morgan fingerprint density at radius 1 is 0.714 bits per heavy atom. The SMILES string of the molecule is O=C(CCCCC(=O)N/N=C\c1ccc(Br)cc1)N/N=C\c1ccc(Br)cc1. The van der Waals surface area contributed by atoms with Crippen molar-refractivity contribution in [3.63, 3.8) is 0 Å². The van der Waals surface area contributed by atoms with Crippen LogP contribution < -0.4 is 10.9 Å². The lowest BCUT2D eigenvalue weighted by molar-refractivity contribution is -0.123. The van der Waals surface area contributed by atoms with E-state index >= 15 is 0 Å². The largest absolute Gasteiger partial charge is 0.273 e. The van der Waals surface area contributed by atoms with Gasteiger partial charge in [0.05, 0.1) is 12.4 Å². The highest BCUT2D eigenvalue weighted by Crippen LogP contribution is 2.09. The molecule has 0 aliphatic heterocycles. The molecule has 0 saturated heterocycles. The molecule has 146 valence electrons. The number of hydrogen-bond donors (Lipinski definition) is 2. The lowest BCUT2D eigenvalue weighted by Crippen LogP contribution is -2.19. The van der Waals surface area contributed by atoms with E-state index in [0.717, 1.165) is 20.1 Å². The summed E-state index contributed by atoms with van der Waals surface area (Å²) in [5, 5.41) is 7.84. The van der Waals surface area contributed by atoms with Crippen molar-refractivity contribution in [2.24, 2.45) is 10.2 Å². The molecule has 8 heteroatoms. The first kappa shape index (κ1) is 22.0. The predicted octanol–water partition coefficient (Wildman–Crippen LogP) is 4.37. The van der Waals surface area contributed by atoms with E-state index < -0.39 is 0 Å². The summed E-state index contributed by atoms with van der Waals surface area (Å²) in [5.41, 5.74) is 6.75. The van der Waals surface area contributed by atoms with Crippen molar-refractivity contribution in [3.8, 4) is 0 Å². The molecule has 0 aliphatic carbocycles. The molecule has 0 radical (unpaired) electrons. The Morgan fingerprint density at radius 3 is 1.43 bits per heavy atom. The molecule has 0 unspecified atom stereocenters. The molecular weight excluding hydrogens is 488 g/mol. The van der Waals surface area contributed by atoms with Crippen molar-refractivity contribution in [1.29, 1.82) is 0 Å². The number of amides is 2. The first-order chi connectivity index (χ1) is 13.5. The van der Waals surface area contributed by atoms with Gasteiger partial charge in [-0.3, -0.25) is 9.59 Å². The van der Waals surface area contributed by atoms with Gasteiger partial charge < -0.3 is 0 Å². The van der Waals surface area contributed by atoms with Crippen LogP contribution in [0, 0.1) is 0 Å². The number of carbonyl (C=O) groups is 2. The second kappa shape index (κ2) is 12.2. The molecule has 0 spiro atoms. The smallest absolute Gasteiger partial charge is 0.240 e. The van der Waals surface area contributed by atoms with Crippen LogP contribution in [0.15, 0.2) is 67.7 Å². The van der Waals surface area contributed by atoms with Crippen LogP contribution in [0.4, 0.5) is 0 Å². The van der Waals surface area contributed by atoms with Gasteiger partial charge in [0.2, 0.25) is 11.8 Å². The van der Waals surface area contributed by atoms with Gasteiger partial charge in [0.25, 0.3) is 0 Å². The average Bonchev–Trinajstić information content (AvgIpc) is 2.68. The minimum atomic E-state index is -0.179. The summed E-state index contributed by atoms with van der Waals surface area (Å²) in [5.74, 6) is -0.357. The molecule has 6 nitrogen and oxygen atoms in total. The second-order valence-corrected chi connectivity index (χ2v) is 7.73. The zero-order valence-electron chi connectivity index (χ0n) is 15.1. The highest BCUT2D eigenvalue weighted by molar-refractivity contribution is 9.10. The molecule has 2 amide bonds.